The molecule has 0 aliphatic carbocycles. The minimum Gasteiger partial charge on any atom is -0.424 e. The Bertz CT molecular complexity index is 594. The highest BCUT2D eigenvalue weighted by Crippen LogP contribution is 2.43. The van der Waals surface area contributed by atoms with Crippen LogP contribution in [0.3, 0.4) is 0 Å². The molecule has 2 aliphatic rings. The van der Waals surface area contributed by atoms with Crippen LogP contribution in [-0.4, -0.2) is 66.1 Å². The van der Waals surface area contributed by atoms with E-state index in [2.05, 4.69) is 27.3 Å². The van der Waals surface area contributed by atoms with Crippen molar-refractivity contribution in [3.05, 3.63) is 11.8 Å². The van der Waals surface area contributed by atoms with Gasteiger partial charge in [-0.25, -0.2) is 0 Å². The second kappa shape index (κ2) is 8.92. The summed E-state index contributed by atoms with van der Waals surface area (Å²) in [7, 11) is 1.67. The number of nitrogens with one attached hydrogen (secondary N) is 1. The van der Waals surface area contributed by atoms with Crippen molar-refractivity contribution in [2.75, 3.05) is 26.9 Å². The fraction of sp³-hybridized carbons (Fsp3) is 0.833. The zero-order valence-corrected chi connectivity index (χ0v) is 15.9. The van der Waals surface area contributed by atoms with Crippen LogP contribution >= 0.6 is 0 Å². The molecule has 1 aromatic rings. The first-order chi connectivity index (χ1) is 12.6. The molecule has 1 N–H and O–H groups in total. The standard InChI is InChI=1S/C18H30N4O4/c1-12(18-21-20-13(2)26-18)22-14-5-6-16(22)15(11-14)19-17(23)7-10-25-9-4-8-24-3/h12,14-16H,4-11H2,1-3H3,(H,19,23)/t12-,14-,15-,16+/m1/s1. The van der Waals surface area contributed by atoms with E-state index in [9.17, 15) is 4.79 Å². The van der Waals surface area contributed by atoms with Gasteiger partial charge in [0, 0.05) is 51.8 Å². The normalized spacial score (nSPS) is 26.3. The number of fused-ring (bicyclic) bond motifs is 2. The zero-order chi connectivity index (χ0) is 18.5. The fourth-order valence-corrected chi connectivity index (χ4v) is 4.25. The number of carbonyl (C=O) groups excluding carboxylic acids is 1. The number of methoxy groups -OCH3 is 1. The summed E-state index contributed by atoms with van der Waals surface area (Å²) in [5.74, 6) is 1.32. The Labute approximate surface area is 154 Å². The van der Waals surface area contributed by atoms with Crippen LogP contribution < -0.4 is 5.32 Å². The molecule has 0 saturated carbocycles. The van der Waals surface area contributed by atoms with Gasteiger partial charge in [-0.05, 0) is 32.6 Å². The Morgan fingerprint density at radius 3 is 2.92 bits per heavy atom. The molecule has 0 aromatic carbocycles. The van der Waals surface area contributed by atoms with Crippen LogP contribution in [0, 0.1) is 6.92 Å². The van der Waals surface area contributed by atoms with Gasteiger partial charge >= 0.3 is 0 Å². The van der Waals surface area contributed by atoms with Crippen molar-refractivity contribution in [2.24, 2.45) is 0 Å². The molecule has 3 rings (SSSR count). The van der Waals surface area contributed by atoms with Crippen LogP contribution in [-0.2, 0) is 14.3 Å². The molecule has 8 heteroatoms. The molecule has 0 radical (unpaired) electrons. The van der Waals surface area contributed by atoms with E-state index in [1.165, 1.54) is 0 Å². The van der Waals surface area contributed by atoms with E-state index >= 15 is 0 Å². The molecule has 1 aromatic heterocycles. The van der Waals surface area contributed by atoms with Gasteiger partial charge in [-0.2, -0.15) is 0 Å². The van der Waals surface area contributed by atoms with Crippen molar-refractivity contribution >= 4 is 5.91 Å². The van der Waals surface area contributed by atoms with Gasteiger partial charge in [-0.1, -0.05) is 0 Å². The topological polar surface area (TPSA) is 89.7 Å². The third-order valence-electron chi connectivity index (χ3n) is 5.39. The van der Waals surface area contributed by atoms with Crippen molar-refractivity contribution in [2.45, 2.75) is 70.1 Å². The quantitative estimate of drug-likeness (QED) is 0.629. The highest BCUT2D eigenvalue weighted by atomic mass is 16.5. The van der Waals surface area contributed by atoms with Crippen LogP contribution in [0.1, 0.15) is 56.9 Å². The predicted octanol–water partition coefficient (Wildman–Crippen LogP) is 1.60. The lowest BCUT2D eigenvalue weighted by Gasteiger charge is -2.28. The monoisotopic (exact) mass is 366 g/mol. The van der Waals surface area contributed by atoms with Crippen molar-refractivity contribution in [3.63, 3.8) is 0 Å². The summed E-state index contributed by atoms with van der Waals surface area (Å²) in [6.45, 7) is 5.69. The van der Waals surface area contributed by atoms with Crippen molar-refractivity contribution < 1.29 is 18.7 Å². The number of rotatable bonds is 10. The molecule has 8 nitrogen and oxygen atoms in total. The predicted molar refractivity (Wildman–Crippen MR) is 94.6 cm³/mol. The third kappa shape index (κ3) is 4.42. The van der Waals surface area contributed by atoms with E-state index < -0.39 is 0 Å². The maximum atomic E-state index is 12.2. The lowest BCUT2D eigenvalue weighted by molar-refractivity contribution is -0.123. The molecular weight excluding hydrogens is 336 g/mol. The summed E-state index contributed by atoms with van der Waals surface area (Å²) in [6.07, 6.45) is 4.51. The van der Waals surface area contributed by atoms with E-state index in [1.54, 1.807) is 7.11 Å². The Morgan fingerprint density at radius 1 is 1.35 bits per heavy atom. The summed E-state index contributed by atoms with van der Waals surface area (Å²) < 4.78 is 16.1. The molecule has 0 spiro atoms. The smallest absolute Gasteiger partial charge is 0.233 e. The Kier molecular flexibility index (Phi) is 6.61. The van der Waals surface area contributed by atoms with Gasteiger partial charge in [0.05, 0.1) is 12.6 Å². The number of ether oxygens (including phenoxy) is 2. The van der Waals surface area contributed by atoms with E-state index in [0.29, 0.717) is 50.1 Å². The first kappa shape index (κ1) is 19.3. The zero-order valence-electron chi connectivity index (χ0n) is 15.9. The summed E-state index contributed by atoms with van der Waals surface area (Å²) in [4.78, 5) is 14.7. The van der Waals surface area contributed by atoms with Crippen LogP contribution in [0.5, 0.6) is 0 Å². The lowest BCUT2D eigenvalue weighted by Crippen LogP contribution is -2.44. The van der Waals surface area contributed by atoms with E-state index in [4.69, 9.17) is 13.9 Å². The van der Waals surface area contributed by atoms with E-state index in [0.717, 1.165) is 25.7 Å². The van der Waals surface area contributed by atoms with Gasteiger partial charge in [0.25, 0.3) is 0 Å². The van der Waals surface area contributed by atoms with E-state index in [-0.39, 0.29) is 18.0 Å². The van der Waals surface area contributed by atoms with Crippen molar-refractivity contribution in [3.8, 4) is 0 Å². The molecule has 3 heterocycles. The molecule has 26 heavy (non-hydrogen) atoms. The van der Waals surface area contributed by atoms with Gasteiger partial charge in [-0.3, -0.25) is 9.69 Å². The van der Waals surface area contributed by atoms with Gasteiger partial charge in [-0.15, -0.1) is 10.2 Å². The van der Waals surface area contributed by atoms with Gasteiger partial charge in [0.2, 0.25) is 17.7 Å². The second-order valence-electron chi connectivity index (χ2n) is 7.20. The first-order valence-electron chi connectivity index (χ1n) is 9.53. The summed E-state index contributed by atoms with van der Waals surface area (Å²) >= 11 is 0. The molecule has 2 aliphatic heterocycles. The summed E-state index contributed by atoms with van der Waals surface area (Å²) in [5, 5.41) is 11.3. The average molecular weight is 366 g/mol. The second-order valence-corrected chi connectivity index (χ2v) is 7.20. The maximum absolute atomic E-state index is 12.2. The minimum absolute atomic E-state index is 0.0653. The minimum atomic E-state index is 0.0653. The fourth-order valence-electron chi connectivity index (χ4n) is 4.25. The lowest BCUT2D eigenvalue weighted by atomic mass is 9.95. The van der Waals surface area contributed by atoms with E-state index in [1.807, 2.05) is 6.92 Å². The number of aryl methyl sites for hydroxylation is 1. The largest absolute Gasteiger partial charge is 0.424 e. The Balaban J connectivity index is 1.45. The van der Waals surface area contributed by atoms with Crippen LogP contribution in [0.2, 0.25) is 0 Å². The summed E-state index contributed by atoms with van der Waals surface area (Å²) in [5.41, 5.74) is 0. The third-order valence-corrected chi connectivity index (χ3v) is 5.39. The van der Waals surface area contributed by atoms with Gasteiger partial charge in [0.15, 0.2) is 0 Å². The van der Waals surface area contributed by atoms with Gasteiger partial charge < -0.3 is 19.2 Å². The number of hydrogen-bond acceptors (Lipinski definition) is 7. The van der Waals surface area contributed by atoms with Crippen LogP contribution in [0.15, 0.2) is 4.42 Å². The number of aromatic nitrogens is 2. The van der Waals surface area contributed by atoms with Crippen molar-refractivity contribution in [1.82, 2.24) is 20.4 Å². The Morgan fingerprint density at radius 2 is 2.19 bits per heavy atom. The summed E-state index contributed by atoms with van der Waals surface area (Å²) in [6, 6.07) is 1.09. The SMILES string of the molecule is COCCCOCCC(=O)N[C@@H]1C[C@H]2CC[C@@H]1N2[C@H](C)c1nnc(C)o1. The highest BCUT2D eigenvalue weighted by Gasteiger charge is 2.49. The number of amides is 1. The Hall–Kier alpha value is -1.51. The number of carbonyl (C=O) groups is 1. The molecule has 2 saturated heterocycles. The first-order valence-corrected chi connectivity index (χ1v) is 9.53. The molecule has 2 fully saturated rings. The molecular formula is C18H30N4O4. The highest BCUT2D eigenvalue weighted by molar-refractivity contribution is 5.76. The molecule has 146 valence electrons. The number of nitrogens with zero attached hydrogens (tertiary/aromatic N) is 3. The molecule has 1 amide bonds. The number of hydrogen-bond donors (Lipinski definition) is 1. The molecule has 2 bridgehead atoms. The van der Waals surface area contributed by atoms with Crippen LogP contribution in [0.4, 0.5) is 0 Å². The van der Waals surface area contributed by atoms with Gasteiger partial charge in [0.1, 0.15) is 0 Å². The van der Waals surface area contributed by atoms with Crippen molar-refractivity contribution in [1.29, 1.82) is 0 Å². The van der Waals surface area contributed by atoms with Crippen LogP contribution in [0.25, 0.3) is 0 Å². The maximum Gasteiger partial charge on any atom is 0.233 e. The average Bonchev–Trinajstić information content (AvgIpc) is 3.31. The molecule has 4 atom stereocenters. The molecule has 0 unspecified atom stereocenters.